The fraction of sp³-hybridized carbons (Fsp3) is 1.00. The van der Waals surface area contributed by atoms with Gasteiger partial charge in [0, 0.05) is 38.9 Å². The molecule has 2 unspecified atom stereocenters. The van der Waals surface area contributed by atoms with E-state index in [4.69, 9.17) is 10.5 Å². The molecule has 1 rings (SSSR count). The van der Waals surface area contributed by atoms with Crippen molar-refractivity contribution in [1.29, 1.82) is 0 Å². The molecule has 2 atom stereocenters. The largest absolute Gasteiger partial charge is 0.385 e. The van der Waals surface area contributed by atoms with E-state index in [2.05, 4.69) is 4.72 Å². The molecular formula is C11H25N3O3S. The summed E-state index contributed by atoms with van der Waals surface area (Å²) in [6.07, 6.45) is 3.47. The van der Waals surface area contributed by atoms with E-state index in [0.29, 0.717) is 26.1 Å². The number of piperidine rings is 1. The van der Waals surface area contributed by atoms with E-state index in [1.807, 2.05) is 6.92 Å². The number of nitrogens with two attached hydrogens (primary N) is 1. The van der Waals surface area contributed by atoms with E-state index in [9.17, 15) is 8.42 Å². The molecular weight excluding hydrogens is 254 g/mol. The minimum Gasteiger partial charge on any atom is -0.385 e. The lowest BCUT2D eigenvalue weighted by Gasteiger charge is -2.34. The Labute approximate surface area is 110 Å². The first-order chi connectivity index (χ1) is 8.51. The molecule has 1 saturated heterocycles. The van der Waals surface area contributed by atoms with Gasteiger partial charge in [-0.15, -0.1) is 0 Å². The van der Waals surface area contributed by atoms with Crippen molar-refractivity contribution >= 4 is 10.2 Å². The van der Waals surface area contributed by atoms with E-state index in [0.717, 1.165) is 19.3 Å². The molecule has 6 nitrogen and oxygen atoms in total. The van der Waals surface area contributed by atoms with Crippen LogP contribution in [0.25, 0.3) is 0 Å². The van der Waals surface area contributed by atoms with Gasteiger partial charge < -0.3 is 10.5 Å². The molecule has 3 N–H and O–H groups in total. The van der Waals surface area contributed by atoms with Crippen molar-refractivity contribution in [3.63, 3.8) is 0 Å². The zero-order valence-electron chi connectivity index (χ0n) is 11.3. The van der Waals surface area contributed by atoms with Gasteiger partial charge in [0.05, 0.1) is 0 Å². The summed E-state index contributed by atoms with van der Waals surface area (Å²) in [6.45, 7) is 3.34. The number of hydrogen-bond donors (Lipinski definition) is 2. The lowest BCUT2D eigenvalue weighted by atomic mass is 10.1. The number of nitrogens with one attached hydrogen (secondary N) is 1. The zero-order valence-corrected chi connectivity index (χ0v) is 12.1. The van der Waals surface area contributed by atoms with Crippen LogP contribution in [-0.4, -0.2) is 51.6 Å². The highest BCUT2D eigenvalue weighted by Gasteiger charge is 2.31. The zero-order chi connectivity index (χ0) is 13.6. The predicted octanol–water partition coefficient (Wildman–Crippen LogP) is 0.0590. The third-order valence-corrected chi connectivity index (χ3v) is 5.06. The Morgan fingerprint density at radius 1 is 1.50 bits per heavy atom. The maximum atomic E-state index is 12.2. The van der Waals surface area contributed by atoms with E-state index < -0.39 is 10.2 Å². The normalized spacial score (nSPS) is 24.1. The second kappa shape index (κ2) is 7.40. The van der Waals surface area contributed by atoms with Crippen LogP contribution in [0.4, 0.5) is 0 Å². The van der Waals surface area contributed by atoms with E-state index >= 15 is 0 Å². The van der Waals surface area contributed by atoms with Crippen molar-refractivity contribution in [2.24, 2.45) is 5.73 Å². The van der Waals surface area contributed by atoms with Crippen LogP contribution in [-0.2, 0) is 14.9 Å². The molecule has 7 heteroatoms. The van der Waals surface area contributed by atoms with E-state index in [1.54, 1.807) is 7.11 Å². The molecule has 0 radical (unpaired) electrons. The van der Waals surface area contributed by atoms with Crippen LogP contribution in [0.5, 0.6) is 0 Å². The average molecular weight is 279 g/mol. The molecule has 0 bridgehead atoms. The number of rotatable bonds is 7. The summed E-state index contributed by atoms with van der Waals surface area (Å²) in [5, 5.41) is 0. The third-order valence-electron chi connectivity index (χ3n) is 3.26. The van der Waals surface area contributed by atoms with Crippen molar-refractivity contribution in [3.8, 4) is 0 Å². The molecule has 0 aromatic rings. The molecule has 0 aliphatic carbocycles. The van der Waals surface area contributed by atoms with Gasteiger partial charge in [0.1, 0.15) is 0 Å². The quantitative estimate of drug-likeness (QED) is 0.690. The van der Waals surface area contributed by atoms with Crippen molar-refractivity contribution < 1.29 is 13.2 Å². The van der Waals surface area contributed by atoms with Gasteiger partial charge in [-0.05, 0) is 26.2 Å². The molecule has 1 fully saturated rings. The van der Waals surface area contributed by atoms with Crippen LogP contribution in [0.1, 0.15) is 32.6 Å². The Morgan fingerprint density at radius 3 is 2.83 bits per heavy atom. The third kappa shape index (κ3) is 4.47. The molecule has 108 valence electrons. The highest BCUT2D eigenvalue weighted by molar-refractivity contribution is 7.87. The van der Waals surface area contributed by atoms with Gasteiger partial charge in [-0.25, -0.2) is 0 Å². The first-order valence-electron chi connectivity index (χ1n) is 6.49. The molecule has 0 spiro atoms. The Bertz CT molecular complexity index is 334. The number of hydrogen-bond acceptors (Lipinski definition) is 4. The van der Waals surface area contributed by atoms with Crippen LogP contribution in [0.15, 0.2) is 0 Å². The Morgan fingerprint density at radius 2 is 2.22 bits per heavy atom. The van der Waals surface area contributed by atoms with Crippen molar-refractivity contribution in [2.75, 3.05) is 26.8 Å². The second-order valence-corrected chi connectivity index (χ2v) is 6.46. The molecule has 18 heavy (non-hydrogen) atoms. The number of ether oxygens (including phenoxy) is 1. The van der Waals surface area contributed by atoms with Gasteiger partial charge in [-0.3, -0.25) is 0 Å². The van der Waals surface area contributed by atoms with Crippen LogP contribution >= 0.6 is 0 Å². The monoisotopic (exact) mass is 279 g/mol. The summed E-state index contributed by atoms with van der Waals surface area (Å²) < 4.78 is 33.6. The topological polar surface area (TPSA) is 84.7 Å². The van der Waals surface area contributed by atoms with Crippen molar-refractivity contribution in [1.82, 2.24) is 9.03 Å². The number of methoxy groups -OCH3 is 1. The molecule has 0 aromatic carbocycles. The fourth-order valence-electron chi connectivity index (χ4n) is 2.20. The smallest absolute Gasteiger partial charge is 0.279 e. The lowest BCUT2D eigenvalue weighted by Crippen LogP contribution is -2.53. The molecule has 0 aromatic heterocycles. The summed E-state index contributed by atoms with van der Waals surface area (Å²) in [5.74, 6) is 0. The second-order valence-electron chi connectivity index (χ2n) is 4.80. The van der Waals surface area contributed by atoms with Gasteiger partial charge >= 0.3 is 0 Å². The van der Waals surface area contributed by atoms with E-state index in [1.165, 1.54) is 4.31 Å². The first-order valence-corrected chi connectivity index (χ1v) is 7.93. The highest BCUT2D eigenvalue weighted by Crippen LogP contribution is 2.19. The molecule has 1 heterocycles. The maximum absolute atomic E-state index is 12.2. The standard InChI is InChI=1S/C11H25N3O3S/c1-10(6-8-17-2)13-18(15,16)14-7-4-3-5-11(14)9-12/h10-11,13H,3-9,12H2,1-2H3. The number of nitrogens with zero attached hydrogens (tertiary/aromatic N) is 1. The van der Waals surface area contributed by atoms with Crippen LogP contribution in [0.3, 0.4) is 0 Å². The fourth-order valence-corrected chi connectivity index (χ4v) is 3.92. The predicted molar refractivity (Wildman–Crippen MR) is 71.4 cm³/mol. The van der Waals surface area contributed by atoms with Crippen LogP contribution in [0, 0.1) is 0 Å². The summed E-state index contributed by atoms with van der Waals surface area (Å²) in [6, 6.07) is -0.193. The van der Waals surface area contributed by atoms with Crippen LogP contribution < -0.4 is 10.5 Å². The first kappa shape index (κ1) is 15.8. The summed E-state index contributed by atoms with van der Waals surface area (Å²) in [5.41, 5.74) is 5.65. The van der Waals surface area contributed by atoms with Gasteiger partial charge in [-0.2, -0.15) is 17.4 Å². The van der Waals surface area contributed by atoms with Crippen LogP contribution in [0.2, 0.25) is 0 Å². The summed E-state index contributed by atoms with van der Waals surface area (Å²) >= 11 is 0. The lowest BCUT2D eigenvalue weighted by molar-refractivity contribution is 0.187. The average Bonchev–Trinajstić information content (AvgIpc) is 2.35. The molecule has 0 amide bonds. The SMILES string of the molecule is COCCC(C)NS(=O)(=O)N1CCCCC1CN. The molecule has 1 aliphatic heterocycles. The Hall–Kier alpha value is -0.210. The van der Waals surface area contributed by atoms with E-state index in [-0.39, 0.29) is 12.1 Å². The van der Waals surface area contributed by atoms with Gasteiger partial charge in [-0.1, -0.05) is 6.42 Å². The van der Waals surface area contributed by atoms with Gasteiger partial charge in [0.15, 0.2) is 0 Å². The summed E-state index contributed by atoms with van der Waals surface area (Å²) in [7, 11) is -1.82. The molecule has 0 saturated carbocycles. The van der Waals surface area contributed by atoms with Crippen molar-refractivity contribution in [3.05, 3.63) is 0 Å². The van der Waals surface area contributed by atoms with Gasteiger partial charge in [0.25, 0.3) is 10.2 Å². The minimum atomic E-state index is -3.43. The minimum absolute atomic E-state index is 0.0640. The summed E-state index contributed by atoms with van der Waals surface area (Å²) in [4.78, 5) is 0. The highest BCUT2D eigenvalue weighted by atomic mass is 32.2. The Balaban J connectivity index is 2.60. The Kier molecular flexibility index (Phi) is 6.51. The molecule has 1 aliphatic rings. The van der Waals surface area contributed by atoms with Gasteiger partial charge in [0.2, 0.25) is 0 Å². The maximum Gasteiger partial charge on any atom is 0.279 e. The van der Waals surface area contributed by atoms with Crippen molar-refractivity contribution in [2.45, 2.75) is 44.7 Å².